The Morgan fingerprint density at radius 3 is 2.42 bits per heavy atom. The van der Waals surface area contributed by atoms with Crippen LogP contribution in [0.25, 0.3) is 0 Å². The van der Waals surface area contributed by atoms with Crippen molar-refractivity contribution in [3.63, 3.8) is 0 Å². The number of halogens is 3. The topological polar surface area (TPSA) is 20.3 Å². The van der Waals surface area contributed by atoms with E-state index in [-0.39, 0.29) is 12.0 Å². The lowest BCUT2D eigenvalue weighted by molar-refractivity contribution is -0.185. The molecule has 0 bridgehead atoms. The average Bonchev–Trinajstić information content (AvgIpc) is 2.66. The van der Waals surface area contributed by atoms with Crippen LogP contribution >= 0.6 is 0 Å². The van der Waals surface area contributed by atoms with Gasteiger partial charge >= 0.3 is 6.18 Å². The van der Waals surface area contributed by atoms with E-state index in [1.807, 2.05) is 0 Å². The number of carbonyl (C=O) groups excluding carboxylic acids is 1. The van der Waals surface area contributed by atoms with Crippen molar-refractivity contribution in [2.24, 2.45) is 0 Å². The number of amides is 1. The van der Waals surface area contributed by atoms with Gasteiger partial charge in [-0.25, -0.2) is 0 Å². The first-order valence-corrected chi connectivity index (χ1v) is 5.94. The molecule has 0 aromatic heterocycles. The normalized spacial score (nSPS) is 21.9. The molecule has 1 heterocycles. The maximum atomic E-state index is 13.0. The summed E-state index contributed by atoms with van der Waals surface area (Å²) in [7, 11) is 0. The molecule has 19 heavy (non-hydrogen) atoms. The van der Waals surface area contributed by atoms with Crippen LogP contribution in [0.3, 0.4) is 0 Å². The number of carbonyl (C=O) groups is 1. The summed E-state index contributed by atoms with van der Waals surface area (Å²) in [5, 5.41) is 0. The number of nitrogens with zero attached hydrogens (tertiary/aromatic N) is 1. The Morgan fingerprint density at radius 2 is 1.89 bits per heavy atom. The molecular weight excluding hydrogens is 255 g/mol. The molecule has 1 aliphatic rings. The molecule has 1 amide bonds. The number of hydrogen-bond donors (Lipinski definition) is 0. The molecular formula is C14H14F3NO. The van der Waals surface area contributed by atoms with E-state index in [0.29, 0.717) is 5.56 Å². The summed E-state index contributed by atoms with van der Waals surface area (Å²) in [5.74, 6) is -0.612. The van der Waals surface area contributed by atoms with Gasteiger partial charge in [-0.3, -0.25) is 4.79 Å². The summed E-state index contributed by atoms with van der Waals surface area (Å²) in [6.45, 7) is 5.04. The second kappa shape index (κ2) is 4.72. The van der Waals surface area contributed by atoms with Gasteiger partial charge in [0.15, 0.2) is 0 Å². The van der Waals surface area contributed by atoms with Crippen LogP contribution in [0.1, 0.15) is 24.9 Å². The number of alkyl halides is 3. The molecule has 0 spiro atoms. The standard InChI is InChI=1S/C14H14F3NO/c1-9-8-12(14(15,16)17)18(13(9)19)10(2)11-6-4-3-5-7-11/h3-7,10,12H,1,8H2,2H3/t10-,12?/m1/s1. The summed E-state index contributed by atoms with van der Waals surface area (Å²) in [6.07, 6.45) is -4.78. The van der Waals surface area contributed by atoms with E-state index >= 15 is 0 Å². The van der Waals surface area contributed by atoms with Crippen LogP contribution in [-0.4, -0.2) is 23.0 Å². The summed E-state index contributed by atoms with van der Waals surface area (Å²) in [6, 6.07) is 6.29. The third-order valence-corrected chi connectivity index (χ3v) is 3.39. The van der Waals surface area contributed by atoms with Gasteiger partial charge in [-0.15, -0.1) is 0 Å². The summed E-state index contributed by atoms with van der Waals surface area (Å²) in [4.78, 5) is 12.8. The molecule has 1 fully saturated rings. The lowest BCUT2D eigenvalue weighted by Gasteiger charge is -2.32. The van der Waals surface area contributed by atoms with Crippen LogP contribution in [-0.2, 0) is 4.79 Å². The number of benzene rings is 1. The van der Waals surface area contributed by atoms with E-state index < -0.39 is 24.2 Å². The Bertz CT molecular complexity index is 495. The minimum absolute atomic E-state index is 0.0186. The molecule has 0 N–H and O–H groups in total. The van der Waals surface area contributed by atoms with E-state index in [1.54, 1.807) is 37.3 Å². The molecule has 1 unspecified atom stereocenters. The first kappa shape index (κ1) is 13.6. The first-order chi connectivity index (χ1) is 8.82. The average molecular weight is 269 g/mol. The SMILES string of the molecule is C=C1CC(C(F)(F)F)N([C@H](C)c2ccccc2)C1=O. The minimum Gasteiger partial charge on any atom is -0.320 e. The highest BCUT2D eigenvalue weighted by Gasteiger charge is 2.52. The molecule has 1 aromatic carbocycles. The number of rotatable bonds is 2. The molecule has 2 rings (SSSR count). The van der Waals surface area contributed by atoms with Crippen molar-refractivity contribution in [3.05, 3.63) is 48.0 Å². The van der Waals surface area contributed by atoms with Gasteiger partial charge in [0.25, 0.3) is 0 Å². The Morgan fingerprint density at radius 1 is 1.32 bits per heavy atom. The van der Waals surface area contributed by atoms with Crippen LogP contribution in [0.15, 0.2) is 42.5 Å². The first-order valence-electron chi connectivity index (χ1n) is 5.94. The quantitative estimate of drug-likeness (QED) is 0.753. The van der Waals surface area contributed by atoms with E-state index in [0.717, 1.165) is 4.90 Å². The molecule has 1 aliphatic heterocycles. The third-order valence-electron chi connectivity index (χ3n) is 3.39. The van der Waals surface area contributed by atoms with Crippen molar-refractivity contribution in [2.45, 2.75) is 31.6 Å². The molecule has 0 saturated carbocycles. The molecule has 2 atom stereocenters. The second-order valence-corrected chi connectivity index (χ2v) is 4.66. The maximum Gasteiger partial charge on any atom is 0.409 e. The second-order valence-electron chi connectivity index (χ2n) is 4.66. The van der Waals surface area contributed by atoms with E-state index in [4.69, 9.17) is 0 Å². The maximum absolute atomic E-state index is 13.0. The third kappa shape index (κ3) is 2.50. The van der Waals surface area contributed by atoms with Crippen molar-refractivity contribution >= 4 is 5.91 Å². The fourth-order valence-corrected chi connectivity index (χ4v) is 2.35. The highest BCUT2D eigenvalue weighted by Crippen LogP contribution is 2.40. The minimum atomic E-state index is -4.43. The smallest absolute Gasteiger partial charge is 0.320 e. The molecule has 1 saturated heterocycles. The Hall–Kier alpha value is -1.78. The summed E-state index contributed by atoms with van der Waals surface area (Å²) in [5.41, 5.74) is 0.699. The van der Waals surface area contributed by atoms with Crippen molar-refractivity contribution in [3.8, 4) is 0 Å². The van der Waals surface area contributed by atoms with Gasteiger partial charge in [0, 0.05) is 12.0 Å². The fourth-order valence-electron chi connectivity index (χ4n) is 2.35. The molecule has 0 aliphatic carbocycles. The Balaban J connectivity index is 2.35. The van der Waals surface area contributed by atoms with Gasteiger partial charge in [0.2, 0.25) is 5.91 Å². The molecule has 1 aromatic rings. The van der Waals surface area contributed by atoms with Crippen LogP contribution in [0.5, 0.6) is 0 Å². The van der Waals surface area contributed by atoms with Crippen LogP contribution in [0.2, 0.25) is 0 Å². The zero-order valence-electron chi connectivity index (χ0n) is 10.4. The monoisotopic (exact) mass is 269 g/mol. The predicted octanol–water partition coefficient (Wildman–Crippen LogP) is 3.47. The van der Waals surface area contributed by atoms with Crippen molar-refractivity contribution in [2.75, 3.05) is 0 Å². The fraction of sp³-hybridized carbons (Fsp3) is 0.357. The number of hydrogen-bond acceptors (Lipinski definition) is 1. The van der Waals surface area contributed by atoms with Gasteiger partial charge in [-0.05, 0) is 12.5 Å². The predicted molar refractivity (Wildman–Crippen MR) is 65.3 cm³/mol. The largest absolute Gasteiger partial charge is 0.409 e. The molecule has 0 radical (unpaired) electrons. The van der Waals surface area contributed by atoms with E-state index in [2.05, 4.69) is 6.58 Å². The molecule has 5 heteroatoms. The Labute approximate surface area is 109 Å². The Kier molecular flexibility index (Phi) is 3.39. The summed E-state index contributed by atoms with van der Waals surface area (Å²) >= 11 is 0. The van der Waals surface area contributed by atoms with E-state index in [9.17, 15) is 18.0 Å². The lowest BCUT2D eigenvalue weighted by atomic mass is 10.1. The van der Waals surface area contributed by atoms with Gasteiger partial charge < -0.3 is 4.90 Å². The van der Waals surface area contributed by atoms with Gasteiger partial charge in [-0.2, -0.15) is 13.2 Å². The van der Waals surface area contributed by atoms with Crippen LogP contribution in [0, 0.1) is 0 Å². The van der Waals surface area contributed by atoms with Crippen molar-refractivity contribution in [1.82, 2.24) is 4.90 Å². The molecule has 102 valence electrons. The zero-order chi connectivity index (χ0) is 14.2. The van der Waals surface area contributed by atoms with Gasteiger partial charge in [0.05, 0.1) is 6.04 Å². The van der Waals surface area contributed by atoms with E-state index in [1.165, 1.54) is 0 Å². The lowest BCUT2D eigenvalue weighted by Crippen LogP contribution is -2.44. The van der Waals surface area contributed by atoms with Gasteiger partial charge in [-0.1, -0.05) is 36.9 Å². The highest BCUT2D eigenvalue weighted by atomic mass is 19.4. The number of likely N-dealkylation sites (tertiary alicyclic amines) is 1. The van der Waals surface area contributed by atoms with Crippen LogP contribution in [0.4, 0.5) is 13.2 Å². The van der Waals surface area contributed by atoms with Crippen LogP contribution < -0.4 is 0 Å². The highest BCUT2D eigenvalue weighted by molar-refractivity contribution is 5.96. The zero-order valence-corrected chi connectivity index (χ0v) is 10.4. The van der Waals surface area contributed by atoms with Crippen molar-refractivity contribution in [1.29, 1.82) is 0 Å². The van der Waals surface area contributed by atoms with Gasteiger partial charge in [0.1, 0.15) is 6.04 Å². The van der Waals surface area contributed by atoms with Crippen molar-refractivity contribution < 1.29 is 18.0 Å². The summed E-state index contributed by atoms with van der Waals surface area (Å²) < 4.78 is 39.0. The molecule has 2 nitrogen and oxygen atoms in total.